The minimum absolute atomic E-state index is 0.647. The van der Waals surface area contributed by atoms with Crippen LogP contribution in [-0.2, 0) is 6.54 Å². The van der Waals surface area contributed by atoms with Crippen LogP contribution in [0.5, 0.6) is 0 Å². The van der Waals surface area contributed by atoms with Crippen LogP contribution in [0.1, 0.15) is 15.4 Å². The van der Waals surface area contributed by atoms with Gasteiger partial charge >= 0.3 is 0 Å². The Morgan fingerprint density at radius 1 is 1.13 bits per heavy atom. The van der Waals surface area contributed by atoms with E-state index in [4.69, 9.17) is 0 Å². The van der Waals surface area contributed by atoms with Crippen LogP contribution in [0.3, 0.4) is 0 Å². The van der Waals surface area contributed by atoms with Crippen LogP contribution >= 0.6 is 11.3 Å². The number of hydrogen-bond acceptors (Lipinski definition) is 5. The molecule has 0 aliphatic rings. The molecule has 1 N–H and O–H groups in total. The van der Waals surface area contributed by atoms with Crippen molar-refractivity contribution in [2.75, 3.05) is 5.32 Å². The minimum Gasteiger partial charge on any atom is -0.348 e. The molecular formula is C10H12N4S. The van der Waals surface area contributed by atoms with Crippen molar-refractivity contribution in [2.45, 2.75) is 20.4 Å². The first-order valence-electron chi connectivity index (χ1n) is 4.68. The highest BCUT2D eigenvalue weighted by Gasteiger charge is 1.99. The molecule has 0 fully saturated rings. The summed E-state index contributed by atoms with van der Waals surface area (Å²) in [4.78, 5) is 13.8. The average molecular weight is 220 g/mol. The second-order valence-corrected chi connectivity index (χ2v) is 4.62. The quantitative estimate of drug-likeness (QED) is 0.861. The van der Waals surface area contributed by atoms with Gasteiger partial charge in [-0.3, -0.25) is 0 Å². The number of rotatable bonds is 3. The summed E-state index contributed by atoms with van der Waals surface area (Å²) in [5.41, 5.74) is 1.06. The fourth-order valence-electron chi connectivity index (χ4n) is 1.12. The summed E-state index contributed by atoms with van der Waals surface area (Å²) in [5, 5.41) is 4.18. The van der Waals surface area contributed by atoms with Crippen molar-refractivity contribution in [3.8, 4) is 0 Å². The first kappa shape index (κ1) is 10.0. The molecule has 0 aromatic carbocycles. The molecule has 0 saturated carbocycles. The van der Waals surface area contributed by atoms with Gasteiger partial charge < -0.3 is 5.32 Å². The number of hydrogen-bond donors (Lipinski definition) is 1. The predicted octanol–water partition coefficient (Wildman–Crippen LogP) is 2.16. The molecule has 0 amide bonds. The van der Waals surface area contributed by atoms with E-state index in [2.05, 4.69) is 20.3 Å². The smallest absolute Gasteiger partial charge is 0.222 e. The number of nitrogens with zero attached hydrogens (tertiary/aromatic N) is 3. The zero-order chi connectivity index (χ0) is 10.7. The van der Waals surface area contributed by atoms with Crippen molar-refractivity contribution in [1.29, 1.82) is 0 Å². The van der Waals surface area contributed by atoms with E-state index in [1.54, 1.807) is 23.7 Å². The Hall–Kier alpha value is -1.49. The second kappa shape index (κ2) is 4.35. The van der Waals surface area contributed by atoms with Crippen LogP contribution in [0.2, 0.25) is 0 Å². The highest BCUT2D eigenvalue weighted by Crippen LogP contribution is 2.12. The lowest BCUT2D eigenvalue weighted by molar-refractivity contribution is 1.03. The molecule has 0 atom stereocenters. The van der Waals surface area contributed by atoms with E-state index in [1.807, 2.05) is 20.0 Å². The summed E-state index contributed by atoms with van der Waals surface area (Å²) < 4.78 is 0. The van der Waals surface area contributed by atoms with Crippen molar-refractivity contribution in [3.05, 3.63) is 34.0 Å². The summed E-state index contributed by atoms with van der Waals surface area (Å²) in [5.74, 6) is 0.647. The number of aryl methyl sites for hydroxylation is 2. The number of aromatic nitrogens is 3. The van der Waals surface area contributed by atoms with E-state index < -0.39 is 0 Å². The van der Waals surface area contributed by atoms with E-state index in [0.717, 1.165) is 10.6 Å². The Labute approximate surface area is 92.4 Å². The Morgan fingerprint density at radius 2 is 1.87 bits per heavy atom. The van der Waals surface area contributed by atoms with Gasteiger partial charge in [0.15, 0.2) is 0 Å². The summed E-state index contributed by atoms with van der Waals surface area (Å²) in [6.45, 7) is 4.69. The largest absolute Gasteiger partial charge is 0.348 e. The van der Waals surface area contributed by atoms with E-state index >= 15 is 0 Å². The lowest BCUT2D eigenvalue weighted by Crippen LogP contribution is -2.02. The van der Waals surface area contributed by atoms with E-state index in [-0.39, 0.29) is 0 Å². The van der Waals surface area contributed by atoms with Gasteiger partial charge in [0.1, 0.15) is 5.01 Å². The summed E-state index contributed by atoms with van der Waals surface area (Å²) >= 11 is 1.68. The molecule has 0 aliphatic carbocycles. The molecule has 5 heteroatoms. The molecule has 0 aliphatic heterocycles. The van der Waals surface area contributed by atoms with Crippen LogP contribution in [0, 0.1) is 13.8 Å². The van der Waals surface area contributed by atoms with Gasteiger partial charge in [-0.15, -0.1) is 11.3 Å². The van der Waals surface area contributed by atoms with Crippen LogP contribution in [0.4, 0.5) is 5.95 Å². The summed E-state index contributed by atoms with van der Waals surface area (Å²) in [6, 6.07) is 0. The highest BCUT2D eigenvalue weighted by molar-refractivity contribution is 7.11. The van der Waals surface area contributed by atoms with E-state index in [1.165, 1.54) is 4.88 Å². The zero-order valence-electron chi connectivity index (χ0n) is 8.69. The fraction of sp³-hybridized carbons (Fsp3) is 0.300. The maximum absolute atomic E-state index is 4.25. The Balaban J connectivity index is 1.96. The average Bonchev–Trinajstić information content (AvgIpc) is 2.64. The first-order valence-corrected chi connectivity index (χ1v) is 5.49. The molecule has 2 aromatic rings. The molecule has 15 heavy (non-hydrogen) atoms. The van der Waals surface area contributed by atoms with E-state index in [0.29, 0.717) is 12.5 Å². The molecule has 0 bridgehead atoms. The van der Waals surface area contributed by atoms with Crippen LogP contribution in [-0.4, -0.2) is 15.0 Å². The maximum atomic E-state index is 4.25. The number of anilines is 1. The SMILES string of the molecule is Cc1cnc(NCc2ncc(C)s2)nc1. The molecule has 2 heterocycles. The van der Waals surface area contributed by atoms with E-state index in [9.17, 15) is 0 Å². The molecule has 0 radical (unpaired) electrons. The van der Waals surface area contributed by atoms with Crippen molar-refractivity contribution < 1.29 is 0 Å². The Bertz CT molecular complexity index is 435. The first-order chi connectivity index (χ1) is 7.24. The summed E-state index contributed by atoms with van der Waals surface area (Å²) in [7, 11) is 0. The van der Waals surface area contributed by atoms with Crippen LogP contribution in [0.15, 0.2) is 18.6 Å². The standard InChI is InChI=1S/C10H12N4S/c1-7-3-12-10(13-4-7)14-6-9-11-5-8(2)15-9/h3-5H,6H2,1-2H3,(H,12,13,14). The van der Waals surface area contributed by atoms with Crippen LogP contribution in [0.25, 0.3) is 0 Å². The van der Waals surface area contributed by atoms with Gasteiger partial charge in [0.05, 0.1) is 6.54 Å². The maximum Gasteiger partial charge on any atom is 0.222 e. The third kappa shape index (κ3) is 2.73. The molecule has 2 rings (SSSR count). The molecular weight excluding hydrogens is 208 g/mol. The molecule has 4 nitrogen and oxygen atoms in total. The number of nitrogens with one attached hydrogen (secondary N) is 1. The zero-order valence-corrected chi connectivity index (χ0v) is 9.51. The van der Waals surface area contributed by atoms with Crippen molar-refractivity contribution in [3.63, 3.8) is 0 Å². The monoisotopic (exact) mass is 220 g/mol. The second-order valence-electron chi connectivity index (χ2n) is 3.30. The third-order valence-corrected chi connectivity index (χ3v) is 2.76. The molecule has 78 valence electrons. The molecule has 0 unspecified atom stereocenters. The topological polar surface area (TPSA) is 50.7 Å². The van der Waals surface area contributed by atoms with Crippen molar-refractivity contribution in [2.24, 2.45) is 0 Å². The predicted molar refractivity (Wildman–Crippen MR) is 60.9 cm³/mol. The van der Waals surface area contributed by atoms with Gasteiger partial charge in [-0.05, 0) is 19.4 Å². The van der Waals surface area contributed by atoms with Crippen molar-refractivity contribution >= 4 is 17.3 Å². The fourth-order valence-corrected chi connectivity index (χ4v) is 1.85. The summed E-state index contributed by atoms with van der Waals surface area (Å²) in [6.07, 6.45) is 5.46. The van der Waals surface area contributed by atoms with Gasteiger partial charge in [0, 0.05) is 23.5 Å². The lowest BCUT2D eigenvalue weighted by atomic mass is 10.4. The molecule has 0 saturated heterocycles. The third-order valence-electron chi connectivity index (χ3n) is 1.85. The van der Waals surface area contributed by atoms with Gasteiger partial charge in [0.25, 0.3) is 0 Å². The van der Waals surface area contributed by atoms with Crippen LogP contribution < -0.4 is 5.32 Å². The normalized spacial score (nSPS) is 10.3. The Morgan fingerprint density at radius 3 is 2.47 bits per heavy atom. The molecule has 2 aromatic heterocycles. The molecule has 0 spiro atoms. The lowest BCUT2D eigenvalue weighted by Gasteiger charge is -2.01. The van der Waals surface area contributed by atoms with Gasteiger partial charge in [-0.1, -0.05) is 0 Å². The number of thiazole rings is 1. The minimum atomic E-state index is 0.647. The van der Waals surface area contributed by atoms with Gasteiger partial charge in [-0.2, -0.15) is 0 Å². The Kier molecular flexibility index (Phi) is 2.91. The van der Waals surface area contributed by atoms with Gasteiger partial charge in [0.2, 0.25) is 5.95 Å². The highest BCUT2D eigenvalue weighted by atomic mass is 32.1. The van der Waals surface area contributed by atoms with Gasteiger partial charge in [-0.25, -0.2) is 15.0 Å². The van der Waals surface area contributed by atoms with Crippen molar-refractivity contribution in [1.82, 2.24) is 15.0 Å².